The minimum absolute atomic E-state index is 0.144. The molecular weight excluding hydrogens is 554 g/mol. The number of aromatic nitrogens is 5. The van der Waals surface area contributed by atoms with Crippen LogP contribution in [0.1, 0.15) is 25.2 Å². The normalized spacial score (nSPS) is 18.1. The number of hydrogen-bond donors (Lipinski definition) is 1. The molecule has 3 aromatic heterocycles. The highest BCUT2D eigenvalue weighted by molar-refractivity contribution is 6.33. The van der Waals surface area contributed by atoms with E-state index in [2.05, 4.69) is 19.9 Å². The van der Waals surface area contributed by atoms with Crippen LogP contribution in [0.15, 0.2) is 55.0 Å². The highest BCUT2D eigenvalue weighted by atomic mass is 35.5. The summed E-state index contributed by atoms with van der Waals surface area (Å²) in [5.74, 6) is -0.0656. The average Bonchev–Trinajstić information content (AvgIpc) is 3.29. The van der Waals surface area contributed by atoms with E-state index in [1.54, 1.807) is 55.8 Å². The van der Waals surface area contributed by atoms with Crippen LogP contribution in [0.25, 0.3) is 33.1 Å². The molecular formula is C29H25ClF2N6O3. The monoisotopic (exact) mass is 578 g/mol. The van der Waals surface area contributed by atoms with Gasteiger partial charge in [0, 0.05) is 47.6 Å². The molecule has 41 heavy (non-hydrogen) atoms. The lowest BCUT2D eigenvalue weighted by Crippen LogP contribution is -2.48. The van der Waals surface area contributed by atoms with E-state index < -0.39 is 30.0 Å². The van der Waals surface area contributed by atoms with E-state index >= 15 is 8.78 Å². The molecule has 0 spiro atoms. The number of fused-ring (bicyclic) bond motifs is 3. The van der Waals surface area contributed by atoms with Crippen LogP contribution >= 0.6 is 11.6 Å². The van der Waals surface area contributed by atoms with Crippen LogP contribution in [0.4, 0.5) is 8.78 Å². The number of likely N-dealkylation sites (tertiary alicyclic amines) is 1. The molecule has 210 valence electrons. The van der Waals surface area contributed by atoms with Crippen molar-refractivity contribution in [3.63, 3.8) is 0 Å². The average molecular weight is 579 g/mol. The summed E-state index contributed by atoms with van der Waals surface area (Å²) < 4.78 is 38.5. The second-order valence-electron chi connectivity index (χ2n) is 9.98. The maximum atomic E-state index is 15.6. The quantitative estimate of drug-likeness (QED) is 0.296. The molecule has 5 aromatic rings. The Bertz CT molecular complexity index is 1780. The van der Waals surface area contributed by atoms with Crippen molar-refractivity contribution < 1.29 is 23.4 Å². The lowest BCUT2D eigenvalue weighted by molar-refractivity contribution is -0.142. The fraction of sp³-hybridized carbons (Fsp3) is 0.276. The van der Waals surface area contributed by atoms with Crippen molar-refractivity contribution in [1.82, 2.24) is 29.4 Å². The third kappa shape index (κ3) is 4.95. The molecule has 0 bridgehead atoms. The fourth-order valence-corrected chi connectivity index (χ4v) is 5.67. The van der Waals surface area contributed by atoms with Crippen molar-refractivity contribution in [3.8, 4) is 22.9 Å². The topological polar surface area (TPSA) is 106 Å². The van der Waals surface area contributed by atoms with Crippen LogP contribution in [0.2, 0.25) is 5.02 Å². The van der Waals surface area contributed by atoms with Crippen LogP contribution in [0.5, 0.6) is 11.8 Å². The fourth-order valence-electron chi connectivity index (χ4n) is 5.40. The number of benzene rings is 2. The number of hydrogen-bond acceptors (Lipinski definition) is 7. The first kappa shape index (κ1) is 27.0. The molecule has 1 aliphatic rings. The molecule has 6 rings (SSSR count). The molecule has 0 saturated carbocycles. The summed E-state index contributed by atoms with van der Waals surface area (Å²) in [5, 5.41) is 10.5. The van der Waals surface area contributed by atoms with Crippen LogP contribution < -0.4 is 4.74 Å². The van der Waals surface area contributed by atoms with E-state index in [1.165, 1.54) is 17.9 Å². The molecule has 1 N–H and O–H groups in total. The number of ether oxygens (including phenoxy) is 1. The van der Waals surface area contributed by atoms with Gasteiger partial charge in [-0.25, -0.2) is 23.7 Å². The Morgan fingerprint density at radius 2 is 1.93 bits per heavy atom. The smallest absolute Gasteiger partial charge is 0.321 e. The second-order valence-corrected chi connectivity index (χ2v) is 10.4. The van der Waals surface area contributed by atoms with Crippen molar-refractivity contribution >= 4 is 39.4 Å². The number of halogens is 3. The molecule has 1 fully saturated rings. The number of alkyl halides is 1. The predicted octanol–water partition coefficient (Wildman–Crippen LogP) is 5.43. The number of nitrogens with zero attached hydrogens (tertiary/aromatic N) is 6. The van der Waals surface area contributed by atoms with Gasteiger partial charge in [-0.1, -0.05) is 11.6 Å². The molecule has 3 atom stereocenters. The number of piperidine rings is 1. The van der Waals surface area contributed by atoms with Crippen molar-refractivity contribution in [2.45, 2.75) is 38.6 Å². The van der Waals surface area contributed by atoms with Crippen LogP contribution in [0, 0.1) is 12.7 Å². The molecule has 12 heteroatoms. The maximum absolute atomic E-state index is 15.6. The number of imidazole rings is 1. The molecule has 9 nitrogen and oxygen atoms in total. The number of aliphatic hydroxyl groups is 1. The Morgan fingerprint density at radius 1 is 1.15 bits per heavy atom. The first-order chi connectivity index (χ1) is 19.7. The van der Waals surface area contributed by atoms with Gasteiger partial charge in [-0.15, -0.1) is 0 Å². The van der Waals surface area contributed by atoms with E-state index in [4.69, 9.17) is 16.3 Å². The van der Waals surface area contributed by atoms with E-state index in [0.29, 0.717) is 45.5 Å². The van der Waals surface area contributed by atoms with Gasteiger partial charge in [-0.05, 0) is 44.5 Å². The first-order valence-electron chi connectivity index (χ1n) is 13.0. The van der Waals surface area contributed by atoms with Crippen molar-refractivity contribution in [2.75, 3.05) is 13.1 Å². The van der Waals surface area contributed by atoms with Gasteiger partial charge in [-0.3, -0.25) is 9.78 Å². The van der Waals surface area contributed by atoms with Gasteiger partial charge < -0.3 is 19.3 Å². The molecule has 2 aromatic carbocycles. The van der Waals surface area contributed by atoms with Gasteiger partial charge in [0.15, 0.2) is 0 Å². The van der Waals surface area contributed by atoms with Crippen molar-refractivity contribution in [1.29, 1.82) is 0 Å². The number of carbonyl (C=O) groups excluding carboxylic acids is 1. The van der Waals surface area contributed by atoms with Crippen molar-refractivity contribution in [3.05, 3.63) is 71.7 Å². The van der Waals surface area contributed by atoms with Gasteiger partial charge in [0.2, 0.25) is 0 Å². The standard InChI is InChI=1S/C29H25ClF2N6O3/c1-15(39)28(40)37-9-6-26(23(32)14-37)38-16(2)36-25-13-35-24-12-22(31)19(11-20(24)27(25)38)18-5-4-17(10-21(18)30)41-29-33-7-3-8-34-29/h3-5,7-8,10-13,15,23,26,39H,6,9,14H2,1-2H3/t15-,23-,26-/m0/s1. The maximum Gasteiger partial charge on any atom is 0.321 e. The summed E-state index contributed by atoms with van der Waals surface area (Å²) in [6.07, 6.45) is 2.37. The molecule has 1 saturated heterocycles. The minimum atomic E-state index is -1.40. The number of aryl methyl sites for hydroxylation is 1. The molecule has 0 unspecified atom stereocenters. The summed E-state index contributed by atoms with van der Waals surface area (Å²) in [6.45, 7) is 3.29. The van der Waals surface area contributed by atoms with Gasteiger partial charge in [0.05, 0.1) is 34.8 Å². The third-order valence-electron chi connectivity index (χ3n) is 7.27. The Morgan fingerprint density at radius 3 is 2.63 bits per heavy atom. The zero-order valence-corrected chi connectivity index (χ0v) is 22.9. The lowest BCUT2D eigenvalue weighted by atomic mass is 9.99. The van der Waals surface area contributed by atoms with Crippen LogP contribution in [-0.4, -0.2) is 65.8 Å². The summed E-state index contributed by atoms with van der Waals surface area (Å²) in [7, 11) is 0. The van der Waals surface area contributed by atoms with Crippen LogP contribution in [-0.2, 0) is 4.79 Å². The Kier molecular flexibility index (Phi) is 7.00. The highest BCUT2D eigenvalue weighted by Gasteiger charge is 2.35. The molecule has 1 amide bonds. The summed E-state index contributed by atoms with van der Waals surface area (Å²) >= 11 is 6.59. The second kappa shape index (κ2) is 10.6. The van der Waals surface area contributed by atoms with Crippen molar-refractivity contribution in [2.24, 2.45) is 0 Å². The SMILES string of the molecule is Cc1nc2cnc3cc(F)c(-c4ccc(Oc5ncccn5)cc4Cl)cc3c2n1[C@H]1CCN(C(=O)[C@H](C)O)C[C@@H]1F. The van der Waals surface area contributed by atoms with E-state index in [1.807, 2.05) is 4.57 Å². The van der Waals surface area contributed by atoms with Gasteiger partial charge in [0.1, 0.15) is 35.2 Å². The van der Waals surface area contributed by atoms with Gasteiger partial charge >= 0.3 is 6.01 Å². The minimum Gasteiger partial charge on any atom is -0.424 e. The van der Waals surface area contributed by atoms with Gasteiger partial charge in [0.25, 0.3) is 5.91 Å². The summed E-state index contributed by atoms with van der Waals surface area (Å²) in [4.78, 5) is 30.7. The zero-order valence-electron chi connectivity index (χ0n) is 22.1. The number of pyridine rings is 1. The Labute approximate surface area is 238 Å². The Hall–Kier alpha value is -4.22. The van der Waals surface area contributed by atoms with E-state index in [-0.39, 0.29) is 29.7 Å². The molecule has 0 aliphatic carbocycles. The molecule has 0 radical (unpaired) electrons. The largest absolute Gasteiger partial charge is 0.424 e. The highest BCUT2D eigenvalue weighted by Crippen LogP contribution is 2.39. The summed E-state index contributed by atoms with van der Waals surface area (Å²) in [6, 6.07) is 9.03. The van der Waals surface area contributed by atoms with Crippen LogP contribution in [0.3, 0.4) is 0 Å². The number of aliphatic hydroxyl groups excluding tert-OH is 1. The molecule has 4 heterocycles. The summed E-state index contributed by atoms with van der Waals surface area (Å²) in [5.41, 5.74) is 2.21. The zero-order chi connectivity index (χ0) is 28.8. The Balaban J connectivity index is 1.41. The number of rotatable bonds is 5. The molecule has 1 aliphatic heterocycles. The van der Waals surface area contributed by atoms with E-state index in [0.717, 1.165) is 0 Å². The number of amides is 1. The number of carbonyl (C=O) groups is 1. The van der Waals surface area contributed by atoms with E-state index in [9.17, 15) is 9.90 Å². The predicted molar refractivity (Wildman–Crippen MR) is 149 cm³/mol. The lowest BCUT2D eigenvalue weighted by Gasteiger charge is -2.36. The van der Waals surface area contributed by atoms with Gasteiger partial charge in [-0.2, -0.15) is 0 Å². The first-order valence-corrected chi connectivity index (χ1v) is 13.4. The third-order valence-corrected chi connectivity index (χ3v) is 7.58.